The summed E-state index contributed by atoms with van der Waals surface area (Å²) in [6, 6.07) is 9.30. The molecule has 0 atom stereocenters. The van der Waals surface area contributed by atoms with E-state index in [1.165, 1.54) is 7.11 Å². The molecule has 0 aliphatic carbocycles. The van der Waals surface area contributed by atoms with Gasteiger partial charge in [-0.3, -0.25) is 4.79 Å². The van der Waals surface area contributed by atoms with E-state index < -0.39 is 0 Å². The van der Waals surface area contributed by atoms with Crippen LogP contribution in [-0.2, 0) is 9.53 Å². The van der Waals surface area contributed by atoms with E-state index in [4.69, 9.17) is 4.74 Å². The van der Waals surface area contributed by atoms with Crippen molar-refractivity contribution in [2.24, 2.45) is 0 Å². The maximum absolute atomic E-state index is 11.0. The molecule has 1 heterocycles. The first kappa shape index (κ1) is 12.9. The molecule has 19 heavy (non-hydrogen) atoms. The second kappa shape index (κ2) is 5.90. The molecule has 0 aliphatic heterocycles. The Morgan fingerprint density at radius 3 is 2.63 bits per heavy atom. The Hall–Kier alpha value is -2.50. The number of anilines is 1. The Balaban J connectivity index is 2.05. The predicted octanol–water partition coefficient (Wildman–Crippen LogP) is 1.47. The van der Waals surface area contributed by atoms with Crippen LogP contribution >= 0.6 is 0 Å². The minimum atomic E-state index is -0.334. The van der Waals surface area contributed by atoms with E-state index in [9.17, 15) is 4.79 Å². The fraction of sp³-hybridized carbons (Fsp3) is 0.231. The number of esters is 1. The molecule has 1 aromatic heterocycles. The van der Waals surface area contributed by atoms with Gasteiger partial charge in [-0.2, -0.15) is 5.10 Å². The van der Waals surface area contributed by atoms with Gasteiger partial charge in [0.25, 0.3) is 0 Å². The first-order chi connectivity index (χ1) is 9.22. The maximum Gasteiger partial charge on any atom is 0.325 e. The lowest BCUT2D eigenvalue weighted by molar-refractivity contribution is -0.138. The lowest BCUT2D eigenvalue weighted by Crippen LogP contribution is -2.15. The average Bonchev–Trinajstić information content (AvgIpc) is 2.93. The first-order valence-electron chi connectivity index (χ1n) is 5.73. The van der Waals surface area contributed by atoms with Gasteiger partial charge in [0.05, 0.1) is 19.9 Å². The summed E-state index contributed by atoms with van der Waals surface area (Å²) in [6.07, 6.45) is 1.81. The van der Waals surface area contributed by atoms with E-state index in [1.807, 2.05) is 24.3 Å². The summed E-state index contributed by atoms with van der Waals surface area (Å²) in [5, 5.41) is 7.18. The van der Waals surface area contributed by atoms with Crippen molar-refractivity contribution >= 4 is 11.8 Å². The highest BCUT2D eigenvalue weighted by Crippen LogP contribution is 2.15. The maximum atomic E-state index is 11.0. The first-order valence-corrected chi connectivity index (χ1v) is 5.73. The monoisotopic (exact) mass is 261 g/mol. The topological polar surface area (TPSA) is 65.4 Å². The van der Waals surface area contributed by atoms with Gasteiger partial charge in [0, 0.05) is 12.3 Å². The van der Waals surface area contributed by atoms with Gasteiger partial charge in [0.15, 0.2) is 0 Å². The van der Waals surface area contributed by atoms with Crippen LogP contribution < -0.4 is 10.1 Å². The number of rotatable bonds is 5. The van der Waals surface area contributed by atoms with Gasteiger partial charge < -0.3 is 14.8 Å². The molecule has 1 aromatic carbocycles. The third-order valence-electron chi connectivity index (χ3n) is 2.57. The lowest BCUT2D eigenvalue weighted by Gasteiger charge is -2.04. The number of nitrogens with one attached hydrogen (secondary N) is 1. The molecule has 2 aromatic rings. The number of hydrogen-bond acceptors (Lipinski definition) is 5. The van der Waals surface area contributed by atoms with Gasteiger partial charge in [0.2, 0.25) is 0 Å². The number of ether oxygens (including phenoxy) is 2. The zero-order chi connectivity index (χ0) is 13.7. The highest BCUT2D eigenvalue weighted by Gasteiger charge is 2.04. The Morgan fingerprint density at radius 2 is 2.00 bits per heavy atom. The Labute approximate surface area is 110 Å². The van der Waals surface area contributed by atoms with Crippen LogP contribution in [-0.4, -0.2) is 36.5 Å². The van der Waals surface area contributed by atoms with Gasteiger partial charge in [0.1, 0.15) is 18.1 Å². The van der Waals surface area contributed by atoms with Crippen molar-refractivity contribution < 1.29 is 14.3 Å². The quantitative estimate of drug-likeness (QED) is 0.825. The molecule has 0 amide bonds. The normalized spacial score (nSPS) is 10.0. The highest BCUT2D eigenvalue weighted by molar-refractivity contribution is 5.74. The van der Waals surface area contributed by atoms with E-state index in [1.54, 1.807) is 24.1 Å². The minimum absolute atomic E-state index is 0.0934. The number of methoxy groups -OCH3 is 2. The van der Waals surface area contributed by atoms with Crippen LogP contribution in [0.1, 0.15) is 0 Å². The second-order valence-corrected chi connectivity index (χ2v) is 3.77. The lowest BCUT2D eigenvalue weighted by atomic mass is 10.3. The van der Waals surface area contributed by atoms with E-state index in [0.717, 1.165) is 11.4 Å². The molecule has 0 fully saturated rings. The summed E-state index contributed by atoms with van der Waals surface area (Å²) >= 11 is 0. The summed E-state index contributed by atoms with van der Waals surface area (Å²) in [6.45, 7) is 0.0934. The van der Waals surface area contributed by atoms with Gasteiger partial charge in [-0.15, -0.1) is 0 Å². The van der Waals surface area contributed by atoms with Gasteiger partial charge in [-0.05, 0) is 24.3 Å². The smallest absolute Gasteiger partial charge is 0.325 e. The SMILES string of the molecule is COC(=O)CNc1ccn(-c2ccc(OC)cc2)n1. The molecule has 6 nitrogen and oxygen atoms in total. The molecule has 0 unspecified atom stereocenters. The molecule has 0 aliphatic rings. The van der Waals surface area contributed by atoms with Crippen LogP contribution in [0.25, 0.3) is 5.69 Å². The third-order valence-corrected chi connectivity index (χ3v) is 2.57. The Bertz CT molecular complexity index is 549. The van der Waals surface area contributed by atoms with Crippen molar-refractivity contribution in [3.63, 3.8) is 0 Å². The number of carbonyl (C=O) groups excluding carboxylic acids is 1. The van der Waals surface area contributed by atoms with E-state index in [2.05, 4.69) is 15.2 Å². The van der Waals surface area contributed by atoms with E-state index in [0.29, 0.717) is 5.82 Å². The summed E-state index contributed by atoms with van der Waals surface area (Å²) in [7, 11) is 2.97. The zero-order valence-electron chi connectivity index (χ0n) is 10.8. The zero-order valence-corrected chi connectivity index (χ0v) is 10.8. The fourth-order valence-electron chi connectivity index (χ4n) is 1.53. The minimum Gasteiger partial charge on any atom is -0.497 e. The van der Waals surface area contributed by atoms with Crippen LogP contribution in [0.5, 0.6) is 5.75 Å². The van der Waals surface area contributed by atoms with Crippen molar-refractivity contribution in [1.29, 1.82) is 0 Å². The number of hydrogen-bond donors (Lipinski definition) is 1. The van der Waals surface area contributed by atoms with Crippen molar-refractivity contribution in [3.05, 3.63) is 36.5 Å². The summed E-state index contributed by atoms with van der Waals surface area (Å²) in [5.41, 5.74) is 0.909. The van der Waals surface area contributed by atoms with Crippen molar-refractivity contribution in [3.8, 4) is 11.4 Å². The number of aromatic nitrogens is 2. The standard InChI is InChI=1S/C13H15N3O3/c1-18-11-5-3-10(4-6-11)16-8-7-12(15-16)14-9-13(17)19-2/h3-8H,9H2,1-2H3,(H,14,15). The molecule has 0 radical (unpaired) electrons. The third kappa shape index (κ3) is 3.25. The predicted molar refractivity (Wildman–Crippen MR) is 70.6 cm³/mol. The largest absolute Gasteiger partial charge is 0.497 e. The Morgan fingerprint density at radius 1 is 1.26 bits per heavy atom. The van der Waals surface area contributed by atoms with Crippen LogP contribution in [0.3, 0.4) is 0 Å². The molecule has 1 N–H and O–H groups in total. The van der Waals surface area contributed by atoms with Crippen LogP contribution in [0.2, 0.25) is 0 Å². The molecular formula is C13H15N3O3. The average molecular weight is 261 g/mol. The summed E-state index contributed by atoms with van der Waals surface area (Å²) < 4.78 is 11.3. The molecular weight excluding hydrogens is 246 g/mol. The van der Waals surface area contributed by atoms with Crippen molar-refractivity contribution in [2.45, 2.75) is 0 Å². The fourth-order valence-corrected chi connectivity index (χ4v) is 1.53. The van der Waals surface area contributed by atoms with Crippen molar-refractivity contribution in [2.75, 3.05) is 26.1 Å². The van der Waals surface area contributed by atoms with Crippen molar-refractivity contribution in [1.82, 2.24) is 9.78 Å². The Kier molecular flexibility index (Phi) is 4.02. The van der Waals surface area contributed by atoms with Gasteiger partial charge in [-0.25, -0.2) is 4.68 Å². The molecule has 0 bridgehead atoms. The van der Waals surface area contributed by atoms with E-state index in [-0.39, 0.29) is 12.5 Å². The number of nitrogens with zero attached hydrogens (tertiary/aromatic N) is 2. The van der Waals surface area contributed by atoms with Crippen LogP contribution in [0.4, 0.5) is 5.82 Å². The molecule has 6 heteroatoms. The second-order valence-electron chi connectivity index (χ2n) is 3.77. The highest BCUT2D eigenvalue weighted by atomic mass is 16.5. The molecule has 0 saturated carbocycles. The van der Waals surface area contributed by atoms with Gasteiger partial charge in [-0.1, -0.05) is 0 Å². The molecule has 0 saturated heterocycles. The summed E-state index contributed by atoms with van der Waals surface area (Å²) in [4.78, 5) is 11.0. The molecule has 100 valence electrons. The summed E-state index contributed by atoms with van der Waals surface area (Å²) in [5.74, 6) is 1.07. The van der Waals surface area contributed by atoms with Gasteiger partial charge >= 0.3 is 5.97 Å². The molecule has 0 spiro atoms. The molecule has 2 rings (SSSR count). The number of benzene rings is 1. The van der Waals surface area contributed by atoms with Crippen LogP contribution in [0.15, 0.2) is 36.5 Å². The van der Waals surface area contributed by atoms with E-state index >= 15 is 0 Å². The van der Waals surface area contributed by atoms with Crippen LogP contribution in [0, 0.1) is 0 Å². The number of carbonyl (C=O) groups is 1.